The number of anilines is 1. The van der Waals surface area contributed by atoms with Crippen LogP contribution in [0.5, 0.6) is 10.8 Å². The SMILES string of the molecule is CC.O=C(O)c1ccc(Oc2cnc(NC(=O)C(OC3CCCCC3)c3ccc(SC4CC4)cc3)s2)cc1. The van der Waals surface area contributed by atoms with Crippen molar-refractivity contribution in [3.8, 4) is 10.8 Å². The summed E-state index contributed by atoms with van der Waals surface area (Å²) in [7, 11) is 0. The van der Waals surface area contributed by atoms with E-state index in [9.17, 15) is 9.59 Å². The number of thioether (sulfide) groups is 1. The lowest BCUT2D eigenvalue weighted by Crippen LogP contribution is -2.28. The third kappa shape index (κ3) is 8.06. The molecule has 0 spiro atoms. The van der Waals surface area contributed by atoms with E-state index in [0.29, 0.717) is 15.9 Å². The van der Waals surface area contributed by atoms with E-state index in [0.717, 1.165) is 36.5 Å². The molecule has 1 atom stereocenters. The molecule has 38 heavy (non-hydrogen) atoms. The molecule has 7 nitrogen and oxygen atoms in total. The van der Waals surface area contributed by atoms with Crippen LogP contribution in [0.25, 0.3) is 0 Å². The first-order chi connectivity index (χ1) is 18.5. The lowest BCUT2D eigenvalue weighted by molar-refractivity contribution is -0.133. The van der Waals surface area contributed by atoms with Gasteiger partial charge in [-0.05, 0) is 67.6 Å². The standard InChI is InChI=1S/C27H28N2O5S2.C2H6/c30-25(29-27-28-16-23(36-27)33-20-10-6-18(7-11-20)26(31)32)24(34-19-4-2-1-3-5-19)17-8-12-21(13-9-17)35-22-14-15-22;1-2/h6-13,16,19,22,24H,1-5,14-15H2,(H,31,32)(H,28,29,30);1-2H3. The summed E-state index contributed by atoms with van der Waals surface area (Å²) in [5.41, 5.74) is 1.02. The van der Waals surface area contributed by atoms with Crippen molar-refractivity contribution in [1.82, 2.24) is 4.98 Å². The number of hydrogen-bond acceptors (Lipinski definition) is 7. The van der Waals surface area contributed by atoms with Gasteiger partial charge >= 0.3 is 5.97 Å². The van der Waals surface area contributed by atoms with Crippen molar-refractivity contribution in [1.29, 1.82) is 0 Å². The summed E-state index contributed by atoms with van der Waals surface area (Å²) in [5.74, 6) is -0.760. The highest BCUT2D eigenvalue weighted by atomic mass is 32.2. The van der Waals surface area contributed by atoms with Gasteiger partial charge in [0.25, 0.3) is 5.91 Å². The molecule has 2 aliphatic rings. The molecule has 2 saturated carbocycles. The molecular weight excluding hydrogens is 520 g/mol. The quantitative estimate of drug-likeness (QED) is 0.262. The zero-order valence-corrected chi connectivity index (χ0v) is 23.4. The fourth-order valence-corrected chi connectivity index (χ4v) is 5.84. The number of carboxylic acid groups (broad SMARTS) is 1. The third-order valence-corrected chi connectivity index (χ3v) is 8.30. The number of nitrogens with one attached hydrogen (secondary N) is 1. The average molecular weight is 555 g/mol. The molecule has 2 fully saturated rings. The number of amides is 1. The number of rotatable bonds is 10. The second-order valence-corrected chi connectivity index (χ2v) is 11.4. The molecule has 1 unspecified atom stereocenters. The Morgan fingerprint density at radius 1 is 1.00 bits per heavy atom. The van der Waals surface area contributed by atoms with Gasteiger partial charge in [-0.25, -0.2) is 9.78 Å². The molecule has 202 valence electrons. The number of hydrogen-bond donors (Lipinski definition) is 2. The van der Waals surface area contributed by atoms with Gasteiger partial charge in [0.05, 0.1) is 17.9 Å². The van der Waals surface area contributed by atoms with E-state index in [-0.39, 0.29) is 17.6 Å². The van der Waals surface area contributed by atoms with Crippen LogP contribution < -0.4 is 10.1 Å². The van der Waals surface area contributed by atoms with Gasteiger partial charge in [0.2, 0.25) is 5.06 Å². The minimum atomic E-state index is -0.995. The van der Waals surface area contributed by atoms with Crippen LogP contribution in [0.1, 0.15) is 80.8 Å². The first kappa shape index (κ1) is 28.1. The number of aromatic nitrogens is 1. The normalized spacial score (nSPS) is 16.2. The van der Waals surface area contributed by atoms with Crippen LogP contribution >= 0.6 is 23.1 Å². The monoisotopic (exact) mass is 554 g/mol. The molecule has 2 aliphatic carbocycles. The van der Waals surface area contributed by atoms with Gasteiger partial charge in [0, 0.05) is 10.1 Å². The maximum atomic E-state index is 13.4. The summed E-state index contributed by atoms with van der Waals surface area (Å²) in [6.07, 6.45) is 8.82. The highest BCUT2D eigenvalue weighted by Gasteiger charge is 2.28. The summed E-state index contributed by atoms with van der Waals surface area (Å²) in [6, 6.07) is 14.3. The van der Waals surface area contributed by atoms with Gasteiger partial charge in [-0.1, -0.05) is 56.6 Å². The molecule has 5 rings (SSSR count). The predicted octanol–water partition coefficient (Wildman–Crippen LogP) is 7.94. The number of thiazole rings is 1. The molecule has 0 saturated heterocycles. The van der Waals surface area contributed by atoms with Crippen LogP contribution in [0, 0.1) is 0 Å². The van der Waals surface area contributed by atoms with Crippen LogP contribution in [0.2, 0.25) is 0 Å². The summed E-state index contributed by atoms with van der Waals surface area (Å²) in [5, 5.41) is 13.6. The van der Waals surface area contributed by atoms with Crippen molar-refractivity contribution in [3.63, 3.8) is 0 Å². The number of carboxylic acids is 1. The molecule has 2 N–H and O–H groups in total. The molecule has 3 aromatic rings. The number of ether oxygens (including phenoxy) is 2. The average Bonchev–Trinajstić information content (AvgIpc) is 3.66. The minimum Gasteiger partial charge on any atom is -0.478 e. The lowest BCUT2D eigenvalue weighted by atomic mass is 9.97. The molecule has 9 heteroatoms. The highest BCUT2D eigenvalue weighted by molar-refractivity contribution is 8.00. The van der Waals surface area contributed by atoms with Crippen LogP contribution in [0.3, 0.4) is 0 Å². The largest absolute Gasteiger partial charge is 0.478 e. The van der Waals surface area contributed by atoms with E-state index in [1.807, 2.05) is 37.7 Å². The van der Waals surface area contributed by atoms with Gasteiger partial charge < -0.3 is 14.6 Å². The van der Waals surface area contributed by atoms with Crippen molar-refractivity contribution in [3.05, 3.63) is 65.9 Å². The van der Waals surface area contributed by atoms with E-state index >= 15 is 0 Å². The van der Waals surface area contributed by atoms with Gasteiger partial charge in [0.15, 0.2) is 11.2 Å². The van der Waals surface area contributed by atoms with Crippen molar-refractivity contribution in [2.24, 2.45) is 0 Å². The van der Waals surface area contributed by atoms with Gasteiger partial charge in [0.1, 0.15) is 5.75 Å². The van der Waals surface area contributed by atoms with Crippen molar-refractivity contribution >= 4 is 40.1 Å². The molecule has 1 aromatic heterocycles. The highest BCUT2D eigenvalue weighted by Crippen LogP contribution is 2.39. The van der Waals surface area contributed by atoms with Crippen LogP contribution in [0.4, 0.5) is 5.13 Å². The summed E-state index contributed by atoms with van der Waals surface area (Å²) >= 11 is 3.09. The van der Waals surface area contributed by atoms with Gasteiger partial charge in [-0.15, -0.1) is 11.8 Å². The van der Waals surface area contributed by atoms with Gasteiger partial charge in [-0.3, -0.25) is 10.1 Å². The van der Waals surface area contributed by atoms with Gasteiger partial charge in [-0.2, -0.15) is 0 Å². The van der Waals surface area contributed by atoms with Crippen LogP contribution in [-0.4, -0.2) is 33.3 Å². The molecule has 0 bridgehead atoms. The zero-order valence-electron chi connectivity index (χ0n) is 21.7. The number of nitrogens with zero attached hydrogens (tertiary/aromatic N) is 1. The second kappa shape index (κ2) is 13.8. The summed E-state index contributed by atoms with van der Waals surface area (Å²) in [6.45, 7) is 4.00. The Morgan fingerprint density at radius 3 is 2.32 bits per heavy atom. The van der Waals surface area contributed by atoms with Crippen molar-refractivity contribution in [2.75, 3.05) is 5.32 Å². The number of carbonyl (C=O) groups is 2. The first-order valence-electron chi connectivity index (χ1n) is 13.2. The maximum Gasteiger partial charge on any atom is 0.335 e. The van der Waals surface area contributed by atoms with Crippen molar-refractivity contribution < 1.29 is 24.2 Å². The Kier molecular flexibility index (Phi) is 10.2. The molecule has 0 aliphatic heterocycles. The second-order valence-electron chi connectivity index (χ2n) is 9.07. The van der Waals surface area contributed by atoms with E-state index in [1.54, 1.807) is 12.1 Å². The molecular formula is C29H34N2O5S2. The van der Waals surface area contributed by atoms with E-state index < -0.39 is 12.1 Å². The fraction of sp³-hybridized carbons (Fsp3) is 0.414. The van der Waals surface area contributed by atoms with E-state index in [2.05, 4.69) is 22.4 Å². The van der Waals surface area contributed by atoms with Crippen LogP contribution in [0.15, 0.2) is 59.6 Å². The predicted molar refractivity (Wildman–Crippen MR) is 152 cm³/mol. The maximum absolute atomic E-state index is 13.4. The minimum absolute atomic E-state index is 0.0685. The van der Waals surface area contributed by atoms with E-state index in [1.165, 1.54) is 53.8 Å². The first-order valence-corrected chi connectivity index (χ1v) is 14.9. The Bertz CT molecular complexity index is 1190. The number of benzene rings is 2. The third-order valence-electron chi connectivity index (χ3n) is 6.16. The molecule has 0 radical (unpaired) electrons. The number of carbonyl (C=O) groups excluding carboxylic acids is 1. The summed E-state index contributed by atoms with van der Waals surface area (Å²) < 4.78 is 12.1. The number of aromatic carboxylic acids is 1. The Balaban J connectivity index is 0.00000164. The molecule has 2 aromatic carbocycles. The molecule has 1 heterocycles. The molecule has 1 amide bonds. The zero-order chi connectivity index (χ0) is 26.9. The smallest absolute Gasteiger partial charge is 0.335 e. The van der Waals surface area contributed by atoms with E-state index in [4.69, 9.17) is 14.6 Å². The van der Waals surface area contributed by atoms with Crippen LogP contribution in [-0.2, 0) is 9.53 Å². The lowest BCUT2D eigenvalue weighted by Gasteiger charge is -2.27. The Labute approximate surface area is 232 Å². The Hall–Kier alpha value is -2.88. The fourth-order valence-electron chi connectivity index (χ4n) is 4.10. The summed E-state index contributed by atoms with van der Waals surface area (Å²) in [4.78, 5) is 29.9. The van der Waals surface area contributed by atoms with Crippen molar-refractivity contribution in [2.45, 2.75) is 81.1 Å². The topological polar surface area (TPSA) is 97.8 Å². The Morgan fingerprint density at radius 2 is 1.68 bits per heavy atom.